The van der Waals surface area contributed by atoms with Gasteiger partial charge in [0.05, 0.1) is 7.11 Å². The molecule has 0 amide bonds. The van der Waals surface area contributed by atoms with Crippen LogP contribution in [0.15, 0.2) is 18.2 Å². The Morgan fingerprint density at radius 1 is 1.44 bits per heavy atom. The highest BCUT2D eigenvalue weighted by Crippen LogP contribution is 2.28. The Hall–Kier alpha value is -0.670. The average Bonchev–Trinajstić information content (AvgIpc) is 2.29. The van der Waals surface area contributed by atoms with Gasteiger partial charge in [0, 0.05) is 17.4 Å². The number of aryl methyl sites for hydroxylation is 1. The van der Waals surface area contributed by atoms with Crippen molar-refractivity contribution >= 4 is 11.8 Å². The summed E-state index contributed by atoms with van der Waals surface area (Å²) in [6.45, 7) is 5.23. The van der Waals surface area contributed by atoms with Gasteiger partial charge in [-0.2, -0.15) is 11.8 Å². The van der Waals surface area contributed by atoms with Gasteiger partial charge in [0.15, 0.2) is 0 Å². The third-order valence-electron chi connectivity index (χ3n) is 2.54. The van der Waals surface area contributed by atoms with Crippen molar-refractivity contribution in [2.45, 2.75) is 19.9 Å². The van der Waals surface area contributed by atoms with Crippen molar-refractivity contribution in [3.05, 3.63) is 29.3 Å². The number of benzene rings is 1. The monoisotopic (exact) mass is 239 g/mol. The summed E-state index contributed by atoms with van der Waals surface area (Å²) in [5.74, 6) is 2.04. The molecule has 0 aromatic heterocycles. The normalized spacial score (nSPS) is 12.5. The molecule has 0 spiro atoms. The van der Waals surface area contributed by atoms with E-state index in [0.29, 0.717) is 6.04 Å². The Kier molecular flexibility index (Phi) is 5.71. The zero-order valence-corrected chi connectivity index (χ0v) is 11.4. The summed E-state index contributed by atoms with van der Waals surface area (Å²) >= 11 is 1.85. The standard InChI is InChI=1S/C13H21NOS/c1-5-14-12(9-16-4)11-8-10(2)6-7-13(11)15-3/h6-8,12,14H,5,9H2,1-4H3. The first-order chi connectivity index (χ1) is 7.72. The molecule has 0 radical (unpaired) electrons. The predicted octanol–water partition coefficient (Wildman–Crippen LogP) is 3.02. The molecule has 0 saturated heterocycles. The van der Waals surface area contributed by atoms with Crippen LogP contribution in [0.25, 0.3) is 0 Å². The van der Waals surface area contributed by atoms with Gasteiger partial charge in [0.25, 0.3) is 0 Å². The van der Waals surface area contributed by atoms with E-state index in [2.05, 4.69) is 43.6 Å². The van der Waals surface area contributed by atoms with E-state index in [9.17, 15) is 0 Å². The zero-order valence-electron chi connectivity index (χ0n) is 10.5. The molecule has 1 aromatic rings. The van der Waals surface area contributed by atoms with E-state index in [-0.39, 0.29) is 0 Å². The van der Waals surface area contributed by atoms with Crippen molar-refractivity contribution in [1.29, 1.82) is 0 Å². The molecule has 1 atom stereocenters. The van der Waals surface area contributed by atoms with Crippen molar-refractivity contribution in [2.75, 3.05) is 25.7 Å². The van der Waals surface area contributed by atoms with Crippen LogP contribution < -0.4 is 10.1 Å². The van der Waals surface area contributed by atoms with Crippen LogP contribution in [0, 0.1) is 6.92 Å². The van der Waals surface area contributed by atoms with Crippen LogP contribution in [0.2, 0.25) is 0 Å². The number of methoxy groups -OCH3 is 1. The molecular formula is C13H21NOS. The van der Waals surface area contributed by atoms with Gasteiger partial charge in [0.1, 0.15) is 5.75 Å². The zero-order chi connectivity index (χ0) is 12.0. The molecule has 0 saturated carbocycles. The number of hydrogen-bond donors (Lipinski definition) is 1. The van der Waals surface area contributed by atoms with Crippen LogP contribution in [0.5, 0.6) is 5.75 Å². The van der Waals surface area contributed by atoms with E-state index < -0.39 is 0 Å². The van der Waals surface area contributed by atoms with Gasteiger partial charge < -0.3 is 10.1 Å². The molecule has 16 heavy (non-hydrogen) atoms. The Bertz CT molecular complexity index is 322. The van der Waals surface area contributed by atoms with Crippen LogP contribution in [-0.4, -0.2) is 25.7 Å². The first kappa shape index (κ1) is 13.4. The van der Waals surface area contributed by atoms with Crippen LogP contribution in [0.1, 0.15) is 24.1 Å². The second kappa shape index (κ2) is 6.81. The molecule has 3 heteroatoms. The van der Waals surface area contributed by atoms with Gasteiger partial charge in [-0.1, -0.05) is 24.6 Å². The topological polar surface area (TPSA) is 21.3 Å². The highest BCUT2D eigenvalue weighted by atomic mass is 32.2. The summed E-state index contributed by atoms with van der Waals surface area (Å²) in [5.41, 5.74) is 2.54. The molecule has 1 rings (SSSR count). The van der Waals surface area contributed by atoms with Crippen LogP contribution >= 0.6 is 11.8 Å². The molecule has 90 valence electrons. The lowest BCUT2D eigenvalue weighted by Crippen LogP contribution is -2.23. The molecular weight excluding hydrogens is 218 g/mol. The summed E-state index contributed by atoms with van der Waals surface area (Å²) < 4.78 is 5.42. The average molecular weight is 239 g/mol. The molecule has 0 fully saturated rings. The number of ether oxygens (including phenoxy) is 1. The Labute approximate surface area is 103 Å². The van der Waals surface area contributed by atoms with E-state index in [1.165, 1.54) is 11.1 Å². The summed E-state index contributed by atoms with van der Waals surface area (Å²) in [6, 6.07) is 6.72. The van der Waals surface area contributed by atoms with E-state index in [1.807, 2.05) is 11.8 Å². The van der Waals surface area contributed by atoms with Crippen molar-refractivity contribution in [3.63, 3.8) is 0 Å². The van der Waals surface area contributed by atoms with E-state index in [1.54, 1.807) is 7.11 Å². The second-order valence-corrected chi connectivity index (χ2v) is 4.72. The molecule has 0 aliphatic rings. The summed E-state index contributed by atoms with van der Waals surface area (Å²) in [7, 11) is 1.73. The fourth-order valence-corrected chi connectivity index (χ4v) is 2.43. The highest BCUT2D eigenvalue weighted by Gasteiger charge is 2.14. The third kappa shape index (κ3) is 3.42. The summed E-state index contributed by atoms with van der Waals surface area (Å²) in [4.78, 5) is 0. The van der Waals surface area contributed by atoms with Gasteiger partial charge in [-0.15, -0.1) is 0 Å². The third-order valence-corrected chi connectivity index (χ3v) is 3.21. The fraction of sp³-hybridized carbons (Fsp3) is 0.538. The van der Waals surface area contributed by atoms with Crippen molar-refractivity contribution in [2.24, 2.45) is 0 Å². The van der Waals surface area contributed by atoms with Crippen LogP contribution in [0.4, 0.5) is 0 Å². The molecule has 2 nitrogen and oxygen atoms in total. The van der Waals surface area contributed by atoms with Gasteiger partial charge in [-0.25, -0.2) is 0 Å². The lowest BCUT2D eigenvalue weighted by atomic mass is 10.0. The molecule has 0 bridgehead atoms. The van der Waals surface area contributed by atoms with Crippen LogP contribution in [0.3, 0.4) is 0 Å². The quantitative estimate of drug-likeness (QED) is 0.824. The molecule has 0 aliphatic heterocycles. The summed E-state index contributed by atoms with van der Waals surface area (Å²) in [6.07, 6.45) is 2.13. The minimum atomic E-state index is 0.370. The number of rotatable bonds is 6. The Balaban J connectivity index is 3.00. The maximum atomic E-state index is 5.42. The molecule has 0 aliphatic carbocycles. The molecule has 1 aromatic carbocycles. The van der Waals surface area contributed by atoms with Gasteiger partial charge >= 0.3 is 0 Å². The van der Waals surface area contributed by atoms with Crippen molar-refractivity contribution < 1.29 is 4.74 Å². The lowest BCUT2D eigenvalue weighted by molar-refractivity contribution is 0.403. The smallest absolute Gasteiger partial charge is 0.123 e. The largest absolute Gasteiger partial charge is 0.496 e. The Morgan fingerprint density at radius 3 is 2.75 bits per heavy atom. The van der Waals surface area contributed by atoms with Gasteiger partial charge in [-0.3, -0.25) is 0 Å². The van der Waals surface area contributed by atoms with E-state index in [0.717, 1.165) is 18.0 Å². The Morgan fingerprint density at radius 2 is 2.19 bits per heavy atom. The summed E-state index contributed by atoms with van der Waals surface area (Å²) in [5, 5.41) is 3.50. The maximum Gasteiger partial charge on any atom is 0.123 e. The second-order valence-electron chi connectivity index (χ2n) is 3.81. The van der Waals surface area contributed by atoms with Crippen LogP contribution in [-0.2, 0) is 0 Å². The number of nitrogens with one attached hydrogen (secondary N) is 1. The molecule has 1 N–H and O–H groups in total. The van der Waals surface area contributed by atoms with Gasteiger partial charge in [0.2, 0.25) is 0 Å². The van der Waals surface area contributed by atoms with E-state index >= 15 is 0 Å². The molecule has 1 unspecified atom stereocenters. The minimum absolute atomic E-state index is 0.370. The van der Waals surface area contributed by atoms with Crippen molar-refractivity contribution in [1.82, 2.24) is 5.32 Å². The predicted molar refractivity (Wildman–Crippen MR) is 72.5 cm³/mol. The molecule has 0 heterocycles. The number of thioether (sulfide) groups is 1. The SMILES string of the molecule is CCNC(CSC)c1cc(C)ccc1OC. The lowest BCUT2D eigenvalue weighted by Gasteiger charge is -2.20. The van der Waals surface area contributed by atoms with E-state index in [4.69, 9.17) is 4.74 Å². The first-order valence-corrected chi connectivity index (χ1v) is 6.99. The maximum absolute atomic E-state index is 5.42. The first-order valence-electron chi connectivity index (χ1n) is 5.59. The van der Waals surface area contributed by atoms with Crippen molar-refractivity contribution in [3.8, 4) is 5.75 Å². The highest BCUT2D eigenvalue weighted by molar-refractivity contribution is 7.98. The minimum Gasteiger partial charge on any atom is -0.496 e. The fourth-order valence-electron chi connectivity index (χ4n) is 1.80. The number of hydrogen-bond acceptors (Lipinski definition) is 3. The van der Waals surface area contributed by atoms with Gasteiger partial charge in [-0.05, 0) is 25.8 Å².